The van der Waals surface area contributed by atoms with Crippen molar-refractivity contribution >= 4 is 11.9 Å². The fraction of sp³-hybridized carbons (Fsp3) is 0.750. The Hall–Kier alpha value is -1.30. The summed E-state index contributed by atoms with van der Waals surface area (Å²) in [6.45, 7) is 0.835. The van der Waals surface area contributed by atoms with E-state index in [2.05, 4.69) is 10.3 Å². The van der Waals surface area contributed by atoms with Gasteiger partial charge in [-0.1, -0.05) is 0 Å². The van der Waals surface area contributed by atoms with E-state index in [-0.39, 0.29) is 18.5 Å². The summed E-state index contributed by atoms with van der Waals surface area (Å²) in [5.74, 6) is 0.0264. The maximum atomic E-state index is 11.0. The Balaban J connectivity index is 3.27. The number of amides is 1. The minimum atomic E-state index is -0.0521. The van der Waals surface area contributed by atoms with Gasteiger partial charge in [-0.25, -0.2) is 0 Å². The highest BCUT2D eigenvalue weighted by Crippen LogP contribution is 1.95. The van der Waals surface area contributed by atoms with E-state index in [0.29, 0.717) is 19.5 Å². The van der Waals surface area contributed by atoms with Crippen LogP contribution in [0.15, 0.2) is 4.99 Å². The molecule has 0 bridgehead atoms. The number of rotatable bonds is 7. The van der Waals surface area contributed by atoms with Gasteiger partial charge < -0.3 is 21.9 Å². The molecule has 0 spiro atoms. The smallest absolute Gasteiger partial charge is 0.220 e. The molecule has 0 saturated heterocycles. The van der Waals surface area contributed by atoms with Gasteiger partial charge in [-0.15, -0.1) is 0 Å². The van der Waals surface area contributed by atoms with Gasteiger partial charge in [0.25, 0.3) is 0 Å². The molecule has 14 heavy (non-hydrogen) atoms. The third-order valence-electron chi connectivity index (χ3n) is 1.54. The predicted molar refractivity (Wildman–Crippen MR) is 54.6 cm³/mol. The molecular weight excluding hydrogens is 184 g/mol. The zero-order valence-electron chi connectivity index (χ0n) is 8.20. The average molecular weight is 202 g/mol. The molecule has 82 valence electrons. The molecule has 0 radical (unpaired) electrons. The van der Waals surface area contributed by atoms with Crippen LogP contribution < -0.4 is 16.8 Å². The molecule has 0 rings (SSSR count). The van der Waals surface area contributed by atoms with Gasteiger partial charge in [0.2, 0.25) is 5.91 Å². The Morgan fingerprint density at radius 1 is 1.36 bits per heavy atom. The van der Waals surface area contributed by atoms with E-state index in [9.17, 15) is 4.79 Å². The highest BCUT2D eigenvalue weighted by atomic mass is 16.3. The average Bonchev–Trinajstić information content (AvgIpc) is 2.13. The molecular formula is C8H18N4O2. The van der Waals surface area contributed by atoms with Crippen molar-refractivity contribution in [1.29, 1.82) is 0 Å². The minimum absolute atomic E-state index is 0.0280. The summed E-state index contributed by atoms with van der Waals surface area (Å²) in [5, 5.41) is 11.0. The quantitative estimate of drug-likeness (QED) is 0.229. The molecule has 0 saturated carbocycles. The van der Waals surface area contributed by atoms with Crippen molar-refractivity contribution in [3.63, 3.8) is 0 Å². The maximum Gasteiger partial charge on any atom is 0.220 e. The van der Waals surface area contributed by atoms with Gasteiger partial charge >= 0.3 is 0 Å². The second kappa shape index (κ2) is 8.31. The fourth-order valence-corrected chi connectivity index (χ4v) is 0.889. The van der Waals surface area contributed by atoms with Crippen LogP contribution in [0.25, 0.3) is 0 Å². The van der Waals surface area contributed by atoms with E-state index in [4.69, 9.17) is 16.6 Å². The number of carbonyl (C=O) groups is 1. The third-order valence-corrected chi connectivity index (χ3v) is 1.54. The number of guanidine groups is 1. The minimum Gasteiger partial charge on any atom is -0.395 e. The summed E-state index contributed by atoms with van der Waals surface area (Å²) < 4.78 is 0. The number of hydrogen-bond acceptors (Lipinski definition) is 3. The number of nitrogens with zero attached hydrogens (tertiary/aromatic N) is 1. The van der Waals surface area contributed by atoms with E-state index < -0.39 is 0 Å². The van der Waals surface area contributed by atoms with Crippen molar-refractivity contribution in [3.8, 4) is 0 Å². The first-order chi connectivity index (χ1) is 6.66. The first-order valence-electron chi connectivity index (χ1n) is 4.59. The summed E-state index contributed by atoms with van der Waals surface area (Å²) >= 11 is 0. The zero-order chi connectivity index (χ0) is 10.8. The Labute approximate surface area is 83.4 Å². The van der Waals surface area contributed by atoms with Crippen LogP contribution in [-0.2, 0) is 4.79 Å². The summed E-state index contributed by atoms with van der Waals surface area (Å²) in [6.07, 6.45) is 1.97. The number of aliphatic hydroxyl groups is 1. The molecule has 0 aliphatic rings. The van der Waals surface area contributed by atoms with Crippen LogP contribution in [0.1, 0.15) is 19.3 Å². The first kappa shape index (κ1) is 12.7. The lowest BCUT2D eigenvalue weighted by molar-refractivity contribution is -0.121. The van der Waals surface area contributed by atoms with E-state index in [1.807, 2.05) is 0 Å². The van der Waals surface area contributed by atoms with Crippen LogP contribution in [0.3, 0.4) is 0 Å². The lowest BCUT2D eigenvalue weighted by Gasteiger charge is -2.01. The van der Waals surface area contributed by atoms with Gasteiger partial charge in [-0.3, -0.25) is 9.79 Å². The molecule has 0 aliphatic carbocycles. The van der Waals surface area contributed by atoms with Crippen molar-refractivity contribution in [2.45, 2.75) is 19.3 Å². The largest absolute Gasteiger partial charge is 0.395 e. The molecule has 0 atom stereocenters. The number of aliphatic hydroxyl groups excluding tert-OH is 1. The van der Waals surface area contributed by atoms with Crippen LogP contribution >= 0.6 is 0 Å². The SMILES string of the molecule is NC(N)=NCCCCC(=O)NCCO. The predicted octanol–water partition coefficient (Wildman–Crippen LogP) is -1.46. The molecule has 0 aromatic carbocycles. The molecule has 6 heteroatoms. The van der Waals surface area contributed by atoms with Gasteiger partial charge in [-0.05, 0) is 12.8 Å². The van der Waals surface area contributed by atoms with Crippen molar-refractivity contribution in [2.75, 3.05) is 19.7 Å². The standard InChI is InChI=1S/C8H18N4O2/c9-8(10)12-4-2-1-3-7(14)11-5-6-13/h13H,1-6H2,(H,11,14)(H4,9,10,12). The van der Waals surface area contributed by atoms with Crippen molar-refractivity contribution in [2.24, 2.45) is 16.5 Å². The Kier molecular flexibility index (Phi) is 7.53. The lowest BCUT2D eigenvalue weighted by atomic mass is 10.2. The number of aliphatic imine (C=N–C) groups is 1. The molecule has 6 nitrogen and oxygen atoms in total. The second-order valence-corrected chi connectivity index (χ2v) is 2.84. The van der Waals surface area contributed by atoms with Crippen LogP contribution in [0, 0.1) is 0 Å². The van der Waals surface area contributed by atoms with E-state index >= 15 is 0 Å². The summed E-state index contributed by atoms with van der Waals surface area (Å²) in [4.78, 5) is 14.8. The maximum absolute atomic E-state index is 11.0. The summed E-state index contributed by atoms with van der Waals surface area (Å²) in [6, 6.07) is 0. The zero-order valence-corrected chi connectivity index (χ0v) is 8.20. The van der Waals surface area contributed by atoms with Gasteiger partial charge in [-0.2, -0.15) is 0 Å². The second-order valence-electron chi connectivity index (χ2n) is 2.84. The summed E-state index contributed by atoms with van der Waals surface area (Å²) in [7, 11) is 0. The van der Waals surface area contributed by atoms with Gasteiger partial charge in [0.05, 0.1) is 6.61 Å². The fourth-order valence-electron chi connectivity index (χ4n) is 0.889. The van der Waals surface area contributed by atoms with Crippen molar-refractivity contribution < 1.29 is 9.90 Å². The number of unbranched alkanes of at least 4 members (excludes halogenated alkanes) is 1. The number of hydrogen-bond donors (Lipinski definition) is 4. The number of nitrogens with one attached hydrogen (secondary N) is 1. The molecule has 6 N–H and O–H groups in total. The van der Waals surface area contributed by atoms with E-state index in [0.717, 1.165) is 12.8 Å². The topological polar surface area (TPSA) is 114 Å². The van der Waals surface area contributed by atoms with Crippen LogP contribution in [0.4, 0.5) is 0 Å². The Morgan fingerprint density at radius 2 is 2.07 bits per heavy atom. The summed E-state index contributed by atoms with van der Waals surface area (Å²) in [5.41, 5.74) is 10.2. The van der Waals surface area contributed by atoms with E-state index in [1.165, 1.54) is 0 Å². The van der Waals surface area contributed by atoms with Crippen molar-refractivity contribution in [1.82, 2.24) is 5.32 Å². The number of carbonyl (C=O) groups excluding carboxylic acids is 1. The number of nitrogens with two attached hydrogens (primary N) is 2. The van der Waals surface area contributed by atoms with Gasteiger partial charge in [0.1, 0.15) is 0 Å². The Morgan fingerprint density at radius 3 is 2.64 bits per heavy atom. The molecule has 0 fully saturated rings. The highest BCUT2D eigenvalue weighted by Gasteiger charge is 1.98. The molecule has 0 aliphatic heterocycles. The normalized spacial score (nSPS) is 9.50. The van der Waals surface area contributed by atoms with Gasteiger partial charge in [0.15, 0.2) is 5.96 Å². The molecule has 1 amide bonds. The van der Waals surface area contributed by atoms with Crippen LogP contribution in [0.2, 0.25) is 0 Å². The molecule has 0 unspecified atom stereocenters. The third kappa shape index (κ3) is 8.79. The van der Waals surface area contributed by atoms with Crippen LogP contribution in [0.5, 0.6) is 0 Å². The van der Waals surface area contributed by atoms with E-state index in [1.54, 1.807) is 0 Å². The highest BCUT2D eigenvalue weighted by molar-refractivity contribution is 5.76. The molecule has 0 aromatic heterocycles. The first-order valence-corrected chi connectivity index (χ1v) is 4.59. The molecule has 0 heterocycles. The monoisotopic (exact) mass is 202 g/mol. The van der Waals surface area contributed by atoms with Crippen LogP contribution in [-0.4, -0.2) is 36.7 Å². The van der Waals surface area contributed by atoms with Gasteiger partial charge in [0, 0.05) is 19.5 Å². The lowest BCUT2D eigenvalue weighted by Crippen LogP contribution is -2.26. The Bertz CT molecular complexity index is 190. The van der Waals surface area contributed by atoms with Crippen molar-refractivity contribution in [3.05, 3.63) is 0 Å². The molecule has 0 aromatic rings.